The molecule has 148 valence electrons. The van der Waals surface area contributed by atoms with Gasteiger partial charge in [-0.15, -0.1) is 0 Å². The van der Waals surface area contributed by atoms with Crippen LogP contribution in [0, 0.1) is 0 Å². The molecule has 0 radical (unpaired) electrons. The van der Waals surface area contributed by atoms with Gasteiger partial charge in [0.25, 0.3) is 5.91 Å². The van der Waals surface area contributed by atoms with Crippen LogP contribution in [0.1, 0.15) is 12.8 Å². The summed E-state index contributed by atoms with van der Waals surface area (Å²) in [6.45, 7) is 0.609. The van der Waals surface area contributed by atoms with Gasteiger partial charge in [-0.2, -0.15) is 0 Å². The van der Waals surface area contributed by atoms with E-state index in [0.717, 1.165) is 11.5 Å². The van der Waals surface area contributed by atoms with E-state index in [-0.39, 0.29) is 18.4 Å². The van der Waals surface area contributed by atoms with Crippen LogP contribution in [0.25, 0.3) is 0 Å². The number of likely N-dealkylation sites (N-methyl/N-ethyl adjacent to an activating group) is 1. The molecule has 0 bridgehead atoms. The number of carbonyl (C=O) groups is 2. The molecule has 0 aliphatic carbocycles. The molecule has 28 heavy (non-hydrogen) atoms. The van der Waals surface area contributed by atoms with Crippen molar-refractivity contribution in [2.75, 3.05) is 32.2 Å². The summed E-state index contributed by atoms with van der Waals surface area (Å²) in [6, 6.07) is 14.5. The standard InChI is InChI=1S/C21H24N2O5/c1-22-21(25)19-14-23(17-6-3-4-7-18(17)28-19)20(24)8-5-13-27-16-11-9-15(26-2)10-12-16/h3-4,6-7,9-12,19H,5,8,13-14H2,1-2H3,(H,22,25). The summed E-state index contributed by atoms with van der Waals surface area (Å²) in [5.74, 6) is 1.70. The predicted molar refractivity (Wildman–Crippen MR) is 105 cm³/mol. The number of ether oxygens (including phenoxy) is 3. The van der Waals surface area contributed by atoms with Crippen molar-refractivity contribution < 1.29 is 23.8 Å². The predicted octanol–water partition coefficient (Wildman–Crippen LogP) is 2.39. The van der Waals surface area contributed by atoms with Crippen molar-refractivity contribution in [2.24, 2.45) is 0 Å². The van der Waals surface area contributed by atoms with Crippen LogP contribution in [0.15, 0.2) is 48.5 Å². The fraction of sp³-hybridized carbons (Fsp3) is 0.333. The van der Waals surface area contributed by atoms with E-state index in [2.05, 4.69) is 5.32 Å². The first-order valence-corrected chi connectivity index (χ1v) is 9.17. The van der Waals surface area contributed by atoms with Crippen LogP contribution in [0.5, 0.6) is 17.2 Å². The van der Waals surface area contributed by atoms with E-state index in [1.807, 2.05) is 42.5 Å². The molecule has 7 heteroatoms. The third kappa shape index (κ3) is 4.54. The van der Waals surface area contributed by atoms with E-state index in [1.165, 1.54) is 0 Å². The van der Waals surface area contributed by atoms with Crippen molar-refractivity contribution >= 4 is 17.5 Å². The minimum Gasteiger partial charge on any atom is -0.497 e. The van der Waals surface area contributed by atoms with Gasteiger partial charge in [0.15, 0.2) is 6.10 Å². The second-order valence-corrected chi connectivity index (χ2v) is 6.32. The van der Waals surface area contributed by atoms with Crippen molar-refractivity contribution in [2.45, 2.75) is 18.9 Å². The van der Waals surface area contributed by atoms with E-state index in [1.54, 1.807) is 25.1 Å². The maximum atomic E-state index is 12.8. The summed E-state index contributed by atoms with van der Waals surface area (Å²) in [5.41, 5.74) is 0.684. The Morgan fingerprint density at radius 3 is 2.57 bits per heavy atom. The molecule has 2 aromatic carbocycles. The molecule has 1 aliphatic rings. The van der Waals surface area contributed by atoms with E-state index in [4.69, 9.17) is 14.2 Å². The highest BCUT2D eigenvalue weighted by Gasteiger charge is 2.32. The van der Waals surface area contributed by atoms with Gasteiger partial charge in [-0.05, 0) is 42.8 Å². The van der Waals surface area contributed by atoms with Crippen LogP contribution in [0.2, 0.25) is 0 Å². The highest BCUT2D eigenvalue weighted by atomic mass is 16.5. The number of fused-ring (bicyclic) bond motifs is 1. The van der Waals surface area contributed by atoms with Crippen molar-refractivity contribution in [3.63, 3.8) is 0 Å². The Labute approximate surface area is 164 Å². The molecular formula is C21H24N2O5. The quantitative estimate of drug-likeness (QED) is 0.742. The lowest BCUT2D eigenvalue weighted by Gasteiger charge is -2.34. The Bertz CT molecular complexity index is 822. The van der Waals surface area contributed by atoms with E-state index >= 15 is 0 Å². The molecule has 1 unspecified atom stereocenters. The average Bonchev–Trinajstić information content (AvgIpc) is 2.75. The smallest absolute Gasteiger partial charge is 0.262 e. The van der Waals surface area contributed by atoms with Gasteiger partial charge in [-0.1, -0.05) is 12.1 Å². The zero-order valence-electron chi connectivity index (χ0n) is 16.0. The van der Waals surface area contributed by atoms with E-state index in [9.17, 15) is 9.59 Å². The lowest BCUT2D eigenvalue weighted by molar-refractivity contribution is -0.128. The number of hydrogen-bond acceptors (Lipinski definition) is 5. The molecule has 0 fully saturated rings. The zero-order chi connectivity index (χ0) is 19.9. The largest absolute Gasteiger partial charge is 0.497 e. The number of anilines is 1. The number of hydrogen-bond donors (Lipinski definition) is 1. The number of rotatable bonds is 7. The van der Waals surface area contributed by atoms with Gasteiger partial charge >= 0.3 is 0 Å². The minimum absolute atomic E-state index is 0.0667. The second kappa shape index (κ2) is 9.12. The maximum absolute atomic E-state index is 12.8. The minimum atomic E-state index is -0.723. The summed E-state index contributed by atoms with van der Waals surface area (Å²) >= 11 is 0. The molecular weight excluding hydrogens is 360 g/mol. The summed E-state index contributed by atoms with van der Waals surface area (Å²) in [6.07, 6.45) is 0.152. The topological polar surface area (TPSA) is 77.1 Å². The van der Waals surface area contributed by atoms with Crippen LogP contribution in [0.3, 0.4) is 0 Å². The molecule has 0 spiro atoms. The van der Waals surface area contributed by atoms with Gasteiger partial charge < -0.3 is 24.4 Å². The Morgan fingerprint density at radius 1 is 1.14 bits per heavy atom. The number of nitrogens with one attached hydrogen (secondary N) is 1. The number of nitrogens with zero attached hydrogens (tertiary/aromatic N) is 1. The van der Waals surface area contributed by atoms with Gasteiger partial charge in [0, 0.05) is 13.5 Å². The van der Waals surface area contributed by atoms with Gasteiger partial charge in [0.2, 0.25) is 5.91 Å². The molecule has 0 aromatic heterocycles. The third-order valence-electron chi connectivity index (χ3n) is 4.48. The van der Waals surface area contributed by atoms with E-state index < -0.39 is 6.10 Å². The lowest BCUT2D eigenvalue weighted by atomic mass is 10.1. The van der Waals surface area contributed by atoms with Crippen molar-refractivity contribution in [3.05, 3.63) is 48.5 Å². The summed E-state index contributed by atoms with van der Waals surface area (Å²) in [7, 11) is 3.16. The third-order valence-corrected chi connectivity index (χ3v) is 4.48. The average molecular weight is 384 g/mol. The Hall–Kier alpha value is -3.22. The highest BCUT2D eigenvalue weighted by Crippen LogP contribution is 2.33. The monoisotopic (exact) mass is 384 g/mol. The number of amides is 2. The van der Waals surface area contributed by atoms with Gasteiger partial charge in [0.05, 0.1) is 25.9 Å². The molecule has 0 saturated heterocycles. The maximum Gasteiger partial charge on any atom is 0.262 e. The molecule has 1 heterocycles. The van der Waals surface area contributed by atoms with Crippen LogP contribution in [0.4, 0.5) is 5.69 Å². The molecule has 2 aromatic rings. The number of para-hydroxylation sites is 2. The first-order chi connectivity index (χ1) is 13.6. The molecule has 3 rings (SSSR count). The summed E-state index contributed by atoms with van der Waals surface area (Å²) < 4.78 is 16.5. The molecule has 1 aliphatic heterocycles. The van der Waals surface area contributed by atoms with Gasteiger partial charge in [-0.25, -0.2) is 0 Å². The van der Waals surface area contributed by atoms with Crippen LogP contribution < -0.4 is 24.4 Å². The Morgan fingerprint density at radius 2 is 1.86 bits per heavy atom. The van der Waals surface area contributed by atoms with Crippen molar-refractivity contribution in [3.8, 4) is 17.2 Å². The molecule has 2 amide bonds. The van der Waals surface area contributed by atoms with Crippen LogP contribution >= 0.6 is 0 Å². The number of benzene rings is 2. The van der Waals surface area contributed by atoms with Crippen LogP contribution in [-0.2, 0) is 9.59 Å². The lowest BCUT2D eigenvalue weighted by Crippen LogP contribution is -2.50. The van der Waals surface area contributed by atoms with Crippen molar-refractivity contribution in [1.29, 1.82) is 0 Å². The van der Waals surface area contributed by atoms with Crippen molar-refractivity contribution in [1.82, 2.24) is 5.32 Å². The fourth-order valence-corrected chi connectivity index (χ4v) is 2.99. The first kappa shape index (κ1) is 19.5. The first-order valence-electron chi connectivity index (χ1n) is 9.17. The zero-order valence-corrected chi connectivity index (χ0v) is 16.0. The number of methoxy groups -OCH3 is 1. The summed E-state index contributed by atoms with van der Waals surface area (Å²) in [5, 5.41) is 2.57. The van der Waals surface area contributed by atoms with Gasteiger partial charge in [0.1, 0.15) is 17.2 Å². The molecule has 1 N–H and O–H groups in total. The summed E-state index contributed by atoms with van der Waals surface area (Å²) in [4.78, 5) is 26.4. The SMILES string of the molecule is CNC(=O)C1CN(C(=O)CCCOc2ccc(OC)cc2)c2ccccc2O1. The molecule has 1 atom stereocenters. The molecule has 7 nitrogen and oxygen atoms in total. The molecule has 0 saturated carbocycles. The number of carbonyl (C=O) groups excluding carboxylic acids is 2. The fourth-order valence-electron chi connectivity index (χ4n) is 2.99. The van der Waals surface area contributed by atoms with Crippen LogP contribution in [-0.4, -0.2) is 45.2 Å². The van der Waals surface area contributed by atoms with E-state index in [0.29, 0.717) is 30.9 Å². The highest BCUT2D eigenvalue weighted by molar-refractivity contribution is 5.97. The van der Waals surface area contributed by atoms with Gasteiger partial charge in [-0.3, -0.25) is 9.59 Å². The normalized spacial score (nSPS) is 15.2. The Kier molecular flexibility index (Phi) is 6.37. The Balaban J connectivity index is 1.57. The second-order valence-electron chi connectivity index (χ2n) is 6.32.